The van der Waals surface area contributed by atoms with Gasteiger partial charge in [-0.25, -0.2) is 0 Å². The van der Waals surface area contributed by atoms with Crippen molar-refractivity contribution >= 4 is 0 Å². The van der Waals surface area contributed by atoms with Gasteiger partial charge in [0.05, 0.1) is 6.54 Å². The molecule has 0 bridgehead atoms. The Morgan fingerprint density at radius 3 is 2.69 bits per heavy atom. The van der Waals surface area contributed by atoms with Crippen molar-refractivity contribution in [2.24, 2.45) is 5.41 Å². The average Bonchev–Trinajstić information content (AvgIpc) is 2.65. The quantitative estimate of drug-likeness (QED) is 0.851. The first-order valence-corrected chi connectivity index (χ1v) is 6.02. The maximum Gasteiger partial charge on any atom is 0.117 e. The summed E-state index contributed by atoms with van der Waals surface area (Å²) in [5.74, 6) is 2.00. The van der Waals surface area contributed by atoms with Gasteiger partial charge < -0.3 is 14.5 Å². The number of nitrogens with one attached hydrogen (secondary N) is 1. The van der Waals surface area contributed by atoms with Crippen molar-refractivity contribution in [1.29, 1.82) is 0 Å². The zero-order valence-corrected chi connectivity index (χ0v) is 10.2. The zero-order chi connectivity index (χ0) is 11.4. The van der Waals surface area contributed by atoms with Crippen molar-refractivity contribution in [3.05, 3.63) is 23.7 Å². The summed E-state index contributed by atoms with van der Waals surface area (Å²) in [7, 11) is 0. The van der Waals surface area contributed by atoms with Crippen molar-refractivity contribution in [2.45, 2.75) is 33.2 Å². The first kappa shape index (κ1) is 11.7. The van der Waals surface area contributed by atoms with Gasteiger partial charge in [0.1, 0.15) is 11.5 Å². The number of hydrogen-bond acceptors (Lipinski definition) is 3. The highest BCUT2D eigenvalue weighted by Crippen LogP contribution is 2.28. The molecule has 1 aliphatic heterocycles. The van der Waals surface area contributed by atoms with E-state index in [1.54, 1.807) is 0 Å². The molecule has 0 saturated carbocycles. The van der Waals surface area contributed by atoms with Crippen LogP contribution in [0.2, 0.25) is 0 Å². The summed E-state index contributed by atoms with van der Waals surface area (Å²) in [5, 5.41) is 3.48. The number of ether oxygens (including phenoxy) is 1. The molecule has 2 heterocycles. The molecule has 1 saturated heterocycles. The number of hydrogen-bond donors (Lipinski definition) is 1. The van der Waals surface area contributed by atoms with E-state index >= 15 is 0 Å². The largest absolute Gasteiger partial charge is 0.465 e. The Hall–Kier alpha value is -0.800. The predicted octanol–water partition coefficient (Wildman–Crippen LogP) is 2.49. The van der Waals surface area contributed by atoms with Gasteiger partial charge in [0.25, 0.3) is 0 Å². The third-order valence-electron chi connectivity index (χ3n) is 3.35. The minimum atomic E-state index is 0.389. The molecule has 1 aromatic rings. The summed E-state index contributed by atoms with van der Waals surface area (Å²) in [6.07, 6.45) is 2.30. The minimum absolute atomic E-state index is 0.389. The highest BCUT2D eigenvalue weighted by Gasteiger charge is 2.26. The molecule has 0 aliphatic carbocycles. The number of furan rings is 1. The first-order chi connectivity index (χ1) is 7.68. The van der Waals surface area contributed by atoms with Gasteiger partial charge in [-0.1, -0.05) is 6.92 Å². The summed E-state index contributed by atoms with van der Waals surface area (Å²) in [4.78, 5) is 0. The van der Waals surface area contributed by atoms with E-state index in [1.807, 2.05) is 19.1 Å². The molecule has 2 rings (SSSR count). The summed E-state index contributed by atoms with van der Waals surface area (Å²) < 4.78 is 10.9. The Balaban J connectivity index is 1.74. The lowest BCUT2D eigenvalue weighted by atomic mass is 9.82. The Labute approximate surface area is 97.2 Å². The van der Waals surface area contributed by atoms with Crippen LogP contribution in [0.25, 0.3) is 0 Å². The van der Waals surface area contributed by atoms with E-state index in [4.69, 9.17) is 9.15 Å². The summed E-state index contributed by atoms with van der Waals surface area (Å²) in [6.45, 7) is 7.97. The van der Waals surface area contributed by atoms with Gasteiger partial charge in [0.15, 0.2) is 0 Å². The van der Waals surface area contributed by atoms with Crippen molar-refractivity contribution in [1.82, 2.24) is 5.32 Å². The fourth-order valence-electron chi connectivity index (χ4n) is 2.11. The topological polar surface area (TPSA) is 34.4 Å². The minimum Gasteiger partial charge on any atom is -0.465 e. The van der Waals surface area contributed by atoms with Crippen LogP contribution in [0.4, 0.5) is 0 Å². The molecule has 3 heteroatoms. The maximum absolute atomic E-state index is 5.52. The van der Waals surface area contributed by atoms with Gasteiger partial charge in [-0.05, 0) is 37.3 Å². The summed E-state index contributed by atoms with van der Waals surface area (Å²) in [6, 6.07) is 4.04. The average molecular weight is 223 g/mol. The maximum atomic E-state index is 5.52. The van der Waals surface area contributed by atoms with Gasteiger partial charge >= 0.3 is 0 Å². The molecule has 0 aromatic carbocycles. The van der Waals surface area contributed by atoms with Crippen LogP contribution in [-0.2, 0) is 11.3 Å². The van der Waals surface area contributed by atoms with Crippen LogP contribution in [0, 0.1) is 12.3 Å². The van der Waals surface area contributed by atoms with Gasteiger partial charge in [-0.3, -0.25) is 0 Å². The van der Waals surface area contributed by atoms with Crippen LogP contribution in [0.15, 0.2) is 16.5 Å². The normalized spacial score (nSPS) is 19.9. The molecule has 0 radical (unpaired) electrons. The third-order valence-corrected chi connectivity index (χ3v) is 3.35. The van der Waals surface area contributed by atoms with E-state index in [9.17, 15) is 0 Å². The Morgan fingerprint density at radius 2 is 2.06 bits per heavy atom. The highest BCUT2D eigenvalue weighted by molar-refractivity contribution is 5.05. The Kier molecular flexibility index (Phi) is 3.66. The van der Waals surface area contributed by atoms with Gasteiger partial charge in [-0.15, -0.1) is 0 Å². The molecule has 0 atom stereocenters. The number of rotatable bonds is 4. The van der Waals surface area contributed by atoms with Crippen molar-refractivity contribution in [2.75, 3.05) is 19.8 Å². The number of aryl methyl sites for hydroxylation is 1. The van der Waals surface area contributed by atoms with E-state index in [-0.39, 0.29) is 0 Å². The van der Waals surface area contributed by atoms with Gasteiger partial charge in [-0.2, -0.15) is 0 Å². The molecule has 0 unspecified atom stereocenters. The standard InChI is InChI=1S/C13H21NO2/c1-11-3-4-12(16-11)9-14-10-13(2)5-7-15-8-6-13/h3-4,14H,5-10H2,1-2H3. The van der Waals surface area contributed by atoms with Crippen molar-refractivity contribution in [3.63, 3.8) is 0 Å². The second kappa shape index (κ2) is 5.02. The fraction of sp³-hybridized carbons (Fsp3) is 0.692. The Bertz CT molecular complexity index is 326. The smallest absolute Gasteiger partial charge is 0.117 e. The second-order valence-electron chi connectivity index (χ2n) is 5.04. The van der Waals surface area contributed by atoms with E-state index in [0.29, 0.717) is 5.41 Å². The second-order valence-corrected chi connectivity index (χ2v) is 5.04. The Morgan fingerprint density at radius 1 is 1.31 bits per heavy atom. The van der Waals surface area contributed by atoms with Crippen LogP contribution in [-0.4, -0.2) is 19.8 Å². The molecule has 0 amide bonds. The molecule has 0 spiro atoms. The lowest BCUT2D eigenvalue weighted by Gasteiger charge is -2.33. The monoisotopic (exact) mass is 223 g/mol. The van der Waals surface area contributed by atoms with E-state index in [0.717, 1.165) is 50.7 Å². The molecule has 90 valence electrons. The molecule has 3 nitrogen and oxygen atoms in total. The molecule has 1 N–H and O–H groups in total. The van der Waals surface area contributed by atoms with Crippen molar-refractivity contribution < 1.29 is 9.15 Å². The molecule has 1 aromatic heterocycles. The van der Waals surface area contributed by atoms with Crippen LogP contribution in [0.3, 0.4) is 0 Å². The molecular weight excluding hydrogens is 202 g/mol. The zero-order valence-electron chi connectivity index (χ0n) is 10.2. The lowest BCUT2D eigenvalue weighted by molar-refractivity contribution is 0.0238. The van der Waals surface area contributed by atoms with E-state index in [1.165, 1.54) is 0 Å². The molecule has 1 fully saturated rings. The summed E-state index contributed by atoms with van der Waals surface area (Å²) >= 11 is 0. The van der Waals surface area contributed by atoms with Gasteiger partial charge in [0.2, 0.25) is 0 Å². The van der Waals surface area contributed by atoms with E-state index < -0.39 is 0 Å². The van der Waals surface area contributed by atoms with Crippen molar-refractivity contribution in [3.8, 4) is 0 Å². The SMILES string of the molecule is Cc1ccc(CNCC2(C)CCOCC2)o1. The van der Waals surface area contributed by atoms with Crippen LogP contribution >= 0.6 is 0 Å². The summed E-state index contributed by atoms with van der Waals surface area (Å²) in [5.41, 5.74) is 0.389. The first-order valence-electron chi connectivity index (χ1n) is 6.02. The highest BCUT2D eigenvalue weighted by atomic mass is 16.5. The van der Waals surface area contributed by atoms with E-state index in [2.05, 4.69) is 12.2 Å². The molecule has 1 aliphatic rings. The third kappa shape index (κ3) is 3.09. The predicted molar refractivity (Wildman–Crippen MR) is 63.3 cm³/mol. The van der Waals surface area contributed by atoms with Crippen LogP contribution < -0.4 is 5.32 Å². The fourth-order valence-corrected chi connectivity index (χ4v) is 2.11. The van der Waals surface area contributed by atoms with Crippen LogP contribution in [0.1, 0.15) is 31.3 Å². The van der Waals surface area contributed by atoms with Crippen LogP contribution in [0.5, 0.6) is 0 Å². The molecular formula is C13H21NO2. The molecule has 16 heavy (non-hydrogen) atoms. The lowest BCUT2D eigenvalue weighted by Crippen LogP contribution is -2.36. The van der Waals surface area contributed by atoms with Gasteiger partial charge in [0, 0.05) is 19.8 Å².